The Balaban J connectivity index is 1.55. The molecule has 6 heteroatoms. The number of pyridine rings is 1. The second-order valence-electron chi connectivity index (χ2n) is 7.84. The molecule has 0 aliphatic heterocycles. The Hall–Kier alpha value is -4.29. The zero-order valence-corrected chi connectivity index (χ0v) is 19.7. The highest BCUT2D eigenvalue weighted by atomic mass is 32.1. The number of aromatic nitrogens is 1. The monoisotopic (exact) mass is 479 g/mol. The summed E-state index contributed by atoms with van der Waals surface area (Å²) in [5.41, 5.74) is 2.75. The van der Waals surface area contributed by atoms with Gasteiger partial charge in [0.2, 0.25) is 5.78 Å². The van der Waals surface area contributed by atoms with Gasteiger partial charge in [0.15, 0.2) is 6.10 Å². The number of fused-ring (bicyclic) bond motifs is 1. The fourth-order valence-corrected chi connectivity index (χ4v) is 4.56. The molecule has 172 valence electrons. The lowest BCUT2D eigenvalue weighted by atomic mass is 9.99. The Morgan fingerprint density at radius 3 is 2.31 bits per heavy atom. The van der Waals surface area contributed by atoms with E-state index in [-0.39, 0.29) is 5.78 Å². The van der Waals surface area contributed by atoms with Crippen LogP contribution in [-0.2, 0) is 4.74 Å². The number of benzene rings is 3. The quantitative estimate of drug-likeness (QED) is 0.191. The van der Waals surface area contributed by atoms with E-state index >= 15 is 0 Å². The maximum Gasteiger partial charge on any atom is 0.339 e. The second kappa shape index (κ2) is 9.91. The Morgan fingerprint density at radius 2 is 1.60 bits per heavy atom. The van der Waals surface area contributed by atoms with Crippen molar-refractivity contribution in [3.05, 3.63) is 119 Å². The predicted octanol–water partition coefficient (Wildman–Crippen LogP) is 6.75. The maximum atomic E-state index is 13.6. The molecule has 0 spiro atoms. The molecular formula is C29H21NO4S. The summed E-state index contributed by atoms with van der Waals surface area (Å²) in [5.74, 6) is -0.264. The van der Waals surface area contributed by atoms with Crippen LogP contribution in [0.5, 0.6) is 5.75 Å². The van der Waals surface area contributed by atoms with E-state index in [0.29, 0.717) is 39.0 Å². The first-order valence-electron chi connectivity index (χ1n) is 11.0. The number of Topliss-reactive ketones (excluding diaryl/α,β-unsaturated/α-hetero) is 1. The largest absolute Gasteiger partial charge is 0.497 e. The maximum absolute atomic E-state index is 13.6. The average Bonchev–Trinajstić information content (AvgIpc) is 3.46. The van der Waals surface area contributed by atoms with Crippen molar-refractivity contribution >= 4 is 34.0 Å². The molecule has 0 aliphatic carbocycles. The molecule has 5 nitrogen and oxygen atoms in total. The summed E-state index contributed by atoms with van der Waals surface area (Å²) in [5, 5.41) is 2.63. The normalized spacial score (nSPS) is 11.7. The van der Waals surface area contributed by atoms with Crippen LogP contribution in [0.2, 0.25) is 0 Å². The highest BCUT2D eigenvalue weighted by Gasteiger charge is 2.28. The Bertz CT molecular complexity index is 1480. The fourth-order valence-electron chi connectivity index (χ4n) is 3.87. The van der Waals surface area contributed by atoms with Gasteiger partial charge in [-0.3, -0.25) is 4.79 Å². The molecule has 0 amide bonds. The average molecular weight is 480 g/mol. The molecule has 0 fully saturated rings. The van der Waals surface area contributed by atoms with E-state index in [2.05, 4.69) is 0 Å². The number of carbonyl (C=O) groups excluding carboxylic acids is 2. The van der Waals surface area contributed by atoms with Crippen LogP contribution in [0.4, 0.5) is 0 Å². The number of nitrogens with zero attached hydrogens (tertiary/aromatic N) is 1. The standard InChI is InChI=1S/C29H21NO4S/c1-33-21-15-13-19(14-16-21)27(31)28(20-8-3-2-4-9-20)34-29(32)23-18-25(26-12-7-17-35-26)30-24-11-6-5-10-22(23)24/h2-18,28H,1H3/t28-/m1/s1. The summed E-state index contributed by atoms with van der Waals surface area (Å²) < 4.78 is 11.1. The summed E-state index contributed by atoms with van der Waals surface area (Å²) in [7, 11) is 1.56. The number of methoxy groups -OCH3 is 1. The molecule has 0 saturated heterocycles. The van der Waals surface area contributed by atoms with Gasteiger partial charge in [-0.15, -0.1) is 11.3 Å². The molecule has 1 atom stereocenters. The van der Waals surface area contributed by atoms with Crippen LogP contribution < -0.4 is 4.74 Å². The molecule has 35 heavy (non-hydrogen) atoms. The third-order valence-corrected chi connectivity index (χ3v) is 6.54. The van der Waals surface area contributed by atoms with Crippen LogP contribution in [0.3, 0.4) is 0 Å². The van der Waals surface area contributed by atoms with Crippen molar-refractivity contribution in [2.45, 2.75) is 6.10 Å². The number of ether oxygens (including phenoxy) is 2. The second-order valence-corrected chi connectivity index (χ2v) is 8.79. The first-order chi connectivity index (χ1) is 17.1. The van der Waals surface area contributed by atoms with Crippen LogP contribution in [0, 0.1) is 0 Å². The molecule has 0 aliphatic rings. The van der Waals surface area contributed by atoms with Crippen LogP contribution in [-0.4, -0.2) is 23.8 Å². The van der Waals surface area contributed by atoms with Crippen molar-refractivity contribution in [1.29, 1.82) is 0 Å². The summed E-state index contributed by atoms with van der Waals surface area (Å²) in [4.78, 5) is 32.7. The molecule has 2 aromatic heterocycles. The number of carbonyl (C=O) groups is 2. The van der Waals surface area contributed by atoms with Crippen LogP contribution in [0.25, 0.3) is 21.5 Å². The molecule has 2 heterocycles. The van der Waals surface area contributed by atoms with E-state index in [9.17, 15) is 9.59 Å². The van der Waals surface area contributed by atoms with Crippen LogP contribution in [0.1, 0.15) is 32.4 Å². The molecule has 0 saturated carbocycles. The first kappa shape index (κ1) is 22.5. The molecule has 0 unspecified atom stereocenters. The third kappa shape index (κ3) is 4.69. The molecule has 0 radical (unpaired) electrons. The van der Waals surface area contributed by atoms with Gasteiger partial charge in [0.05, 0.1) is 28.8 Å². The van der Waals surface area contributed by atoms with Gasteiger partial charge < -0.3 is 9.47 Å². The highest BCUT2D eigenvalue weighted by molar-refractivity contribution is 7.13. The lowest BCUT2D eigenvalue weighted by Gasteiger charge is -2.18. The van der Waals surface area contributed by atoms with E-state index in [4.69, 9.17) is 14.5 Å². The summed E-state index contributed by atoms with van der Waals surface area (Å²) in [6.45, 7) is 0. The third-order valence-electron chi connectivity index (χ3n) is 5.65. The number of hydrogen-bond acceptors (Lipinski definition) is 6. The topological polar surface area (TPSA) is 65.5 Å². The van der Waals surface area contributed by atoms with E-state index in [0.717, 1.165) is 4.88 Å². The van der Waals surface area contributed by atoms with Crippen molar-refractivity contribution in [1.82, 2.24) is 4.98 Å². The van der Waals surface area contributed by atoms with Gasteiger partial charge >= 0.3 is 5.97 Å². The fraction of sp³-hybridized carbons (Fsp3) is 0.0690. The number of ketones is 1. The number of rotatable bonds is 7. The molecule has 3 aromatic carbocycles. The van der Waals surface area contributed by atoms with E-state index in [1.54, 1.807) is 60.9 Å². The van der Waals surface area contributed by atoms with Gasteiger partial charge in [-0.05, 0) is 47.8 Å². The van der Waals surface area contributed by atoms with Gasteiger partial charge in [0.1, 0.15) is 5.75 Å². The van der Waals surface area contributed by atoms with Gasteiger partial charge in [-0.25, -0.2) is 9.78 Å². The molecule has 0 bridgehead atoms. The van der Waals surface area contributed by atoms with E-state index < -0.39 is 12.1 Å². The van der Waals surface area contributed by atoms with E-state index in [1.165, 1.54) is 0 Å². The summed E-state index contributed by atoms with van der Waals surface area (Å²) >= 11 is 1.54. The SMILES string of the molecule is COc1ccc(C(=O)[C@H](OC(=O)c2cc(-c3cccs3)nc3ccccc23)c2ccccc2)cc1. The smallest absolute Gasteiger partial charge is 0.339 e. The van der Waals surface area contributed by atoms with Gasteiger partial charge in [-0.2, -0.15) is 0 Å². The van der Waals surface area contributed by atoms with Crippen molar-refractivity contribution in [2.24, 2.45) is 0 Å². The molecular weight excluding hydrogens is 458 g/mol. The minimum Gasteiger partial charge on any atom is -0.497 e. The predicted molar refractivity (Wildman–Crippen MR) is 137 cm³/mol. The molecule has 5 rings (SSSR count). The van der Waals surface area contributed by atoms with Crippen molar-refractivity contribution in [3.63, 3.8) is 0 Å². The Morgan fingerprint density at radius 1 is 0.857 bits per heavy atom. The Kier molecular flexibility index (Phi) is 6.37. The van der Waals surface area contributed by atoms with Crippen LogP contribution >= 0.6 is 11.3 Å². The summed E-state index contributed by atoms with van der Waals surface area (Å²) in [6, 6.07) is 28.8. The van der Waals surface area contributed by atoms with Gasteiger partial charge in [0, 0.05) is 16.5 Å². The summed E-state index contributed by atoms with van der Waals surface area (Å²) in [6.07, 6.45) is -1.10. The van der Waals surface area contributed by atoms with Crippen LogP contribution in [0.15, 0.2) is 102 Å². The lowest BCUT2D eigenvalue weighted by molar-refractivity contribution is 0.0282. The first-order valence-corrected chi connectivity index (χ1v) is 11.9. The lowest BCUT2D eigenvalue weighted by Crippen LogP contribution is -2.20. The number of esters is 1. The highest BCUT2D eigenvalue weighted by Crippen LogP contribution is 2.30. The number of hydrogen-bond donors (Lipinski definition) is 0. The van der Waals surface area contributed by atoms with Crippen molar-refractivity contribution in [2.75, 3.05) is 7.11 Å². The zero-order chi connectivity index (χ0) is 24.2. The van der Waals surface area contributed by atoms with Gasteiger partial charge in [0.25, 0.3) is 0 Å². The minimum absolute atomic E-state index is 0.316. The van der Waals surface area contributed by atoms with Gasteiger partial charge in [-0.1, -0.05) is 54.6 Å². The van der Waals surface area contributed by atoms with Crippen molar-refractivity contribution in [3.8, 4) is 16.3 Å². The van der Waals surface area contributed by atoms with E-state index in [1.807, 2.05) is 60.0 Å². The molecule has 0 N–H and O–H groups in total. The zero-order valence-electron chi connectivity index (χ0n) is 18.9. The number of para-hydroxylation sites is 1. The minimum atomic E-state index is -1.10. The number of thiophene rings is 1. The Labute approximate surface area is 206 Å². The molecule has 5 aromatic rings. The van der Waals surface area contributed by atoms with Crippen molar-refractivity contribution < 1.29 is 19.1 Å².